The Morgan fingerprint density at radius 1 is 1.10 bits per heavy atom. The number of hydrogen-bond donors (Lipinski definition) is 0. The van der Waals surface area contributed by atoms with Crippen molar-refractivity contribution in [2.45, 2.75) is 12.8 Å². The Balaban J connectivity index is 1.52. The first-order valence-electron chi connectivity index (χ1n) is 9.76. The average molecular weight is 454 g/mol. The number of sulfonamides is 1. The Hall–Kier alpha value is -2.32. The van der Waals surface area contributed by atoms with Crippen LogP contribution in [0.15, 0.2) is 48.5 Å². The molecular formula is C21H25ClFN3O3S. The van der Waals surface area contributed by atoms with Gasteiger partial charge >= 0.3 is 0 Å². The molecule has 0 aromatic heterocycles. The summed E-state index contributed by atoms with van der Waals surface area (Å²) in [6.45, 7) is 2.64. The number of carbonyl (C=O) groups excluding carboxylic acids is 1. The van der Waals surface area contributed by atoms with Crippen LogP contribution < -0.4 is 9.21 Å². The molecule has 9 heteroatoms. The second kappa shape index (κ2) is 9.66. The summed E-state index contributed by atoms with van der Waals surface area (Å²) in [5.74, 6) is -0.630. The number of benzene rings is 2. The standard InChI is InChI=1S/C21H25ClFN3O3S/c1-30(28,29)26(20-9-3-2-8-19(20)23)11-5-10-21(27)25-14-12-24(13-15-25)18-7-4-6-17(22)16-18/h2-4,6-9,16H,5,10-15H2,1H3. The lowest BCUT2D eigenvalue weighted by molar-refractivity contribution is -0.131. The predicted molar refractivity (Wildman–Crippen MR) is 118 cm³/mol. The van der Waals surface area contributed by atoms with Gasteiger partial charge in [0.25, 0.3) is 0 Å². The van der Waals surface area contributed by atoms with E-state index in [0.717, 1.165) is 16.2 Å². The maximum Gasteiger partial charge on any atom is 0.232 e. The number of amides is 1. The molecule has 0 N–H and O–H groups in total. The molecule has 0 spiro atoms. The zero-order valence-electron chi connectivity index (χ0n) is 16.8. The van der Waals surface area contributed by atoms with Crippen molar-refractivity contribution in [3.05, 3.63) is 59.4 Å². The lowest BCUT2D eigenvalue weighted by atomic mass is 10.2. The van der Waals surface area contributed by atoms with E-state index in [9.17, 15) is 17.6 Å². The van der Waals surface area contributed by atoms with Gasteiger partial charge < -0.3 is 9.80 Å². The molecular weight excluding hydrogens is 429 g/mol. The van der Waals surface area contributed by atoms with Crippen molar-refractivity contribution in [2.24, 2.45) is 0 Å². The number of para-hydroxylation sites is 1. The highest BCUT2D eigenvalue weighted by molar-refractivity contribution is 7.92. The summed E-state index contributed by atoms with van der Waals surface area (Å²) in [4.78, 5) is 16.5. The summed E-state index contributed by atoms with van der Waals surface area (Å²) in [6.07, 6.45) is 1.56. The van der Waals surface area contributed by atoms with Crippen molar-refractivity contribution < 1.29 is 17.6 Å². The molecule has 0 bridgehead atoms. The van der Waals surface area contributed by atoms with Gasteiger partial charge in [0, 0.05) is 49.9 Å². The first kappa shape index (κ1) is 22.4. The molecule has 30 heavy (non-hydrogen) atoms. The topological polar surface area (TPSA) is 60.9 Å². The third kappa shape index (κ3) is 5.64. The number of piperazine rings is 1. The lowest BCUT2D eigenvalue weighted by Gasteiger charge is -2.36. The van der Waals surface area contributed by atoms with Crippen molar-refractivity contribution in [1.29, 1.82) is 0 Å². The van der Waals surface area contributed by atoms with E-state index in [1.54, 1.807) is 11.0 Å². The van der Waals surface area contributed by atoms with E-state index in [2.05, 4.69) is 4.90 Å². The van der Waals surface area contributed by atoms with Gasteiger partial charge in [-0.15, -0.1) is 0 Å². The number of hydrogen-bond acceptors (Lipinski definition) is 4. The van der Waals surface area contributed by atoms with Gasteiger partial charge in [0.05, 0.1) is 11.9 Å². The molecule has 1 amide bonds. The Kier molecular flexibility index (Phi) is 7.20. The third-order valence-corrected chi connectivity index (χ3v) is 6.49. The van der Waals surface area contributed by atoms with E-state index in [4.69, 9.17) is 11.6 Å². The van der Waals surface area contributed by atoms with Crippen LogP contribution in [0.25, 0.3) is 0 Å². The van der Waals surface area contributed by atoms with E-state index in [1.807, 2.05) is 24.3 Å². The summed E-state index contributed by atoms with van der Waals surface area (Å²) in [5, 5.41) is 0.677. The van der Waals surface area contributed by atoms with Crippen LogP contribution in [0.3, 0.4) is 0 Å². The van der Waals surface area contributed by atoms with E-state index in [1.165, 1.54) is 18.2 Å². The Morgan fingerprint density at radius 2 is 1.80 bits per heavy atom. The molecule has 2 aromatic rings. The second-order valence-corrected chi connectivity index (χ2v) is 9.58. The summed E-state index contributed by atoms with van der Waals surface area (Å²) in [7, 11) is -3.65. The molecule has 0 unspecified atom stereocenters. The largest absolute Gasteiger partial charge is 0.368 e. The molecule has 1 fully saturated rings. The van der Waals surface area contributed by atoms with Crippen LogP contribution in [0.1, 0.15) is 12.8 Å². The van der Waals surface area contributed by atoms with E-state index in [0.29, 0.717) is 37.6 Å². The van der Waals surface area contributed by atoms with Crippen LogP contribution in [-0.4, -0.2) is 58.2 Å². The maximum absolute atomic E-state index is 14.1. The van der Waals surface area contributed by atoms with Crippen LogP contribution in [0.5, 0.6) is 0 Å². The van der Waals surface area contributed by atoms with Crippen LogP contribution in [0, 0.1) is 5.82 Å². The Labute approximate surface area is 181 Å². The molecule has 2 aromatic carbocycles. The van der Waals surface area contributed by atoms with Gasteiger partial charge in [0.1, 0.15) is 5.82 Å². The fraction of sp³-hybridized carbons (Fsp3) is 0.381. The Bertz CT molecular complexity index is 994. The van der Waals surface area contributed by atoms with E-state index < -0.39 is 15.8 Å². The van der Waals surface area contributed by atoms with Crippen molar-refractivity contribution in [1.82, 2.24) is 4.90 Å². The number of carbonyl (C=O) groups is 1. The molecule has 162 valence electrons. The zero-order valence-corrected chi connectivity index (χ0v) is 18.4. The van der Waals surface area contributed by atoms with Gasteiger partial charge in [-0.1, -0.05) is 29.8 Å². The molecule has 0 saturated carbocycles. The van der Waals surface area contributed by atoms with Gasteiger partial charge in [-0.25, -0.2) is 12.8 Å². The molecule has 1 aliphatic heterocycles. The minimum Gasteiger partial charge on any atom is -0.368 e. The minimum absolute atomic E-state index is 0.00239. The van der Waals surface area contributed by atoms with Gasteiger partial charge in [-0.3, -0.25) is 9.10 Å². The summed E-state index contributed by atoms with van der Waals surface area (Å²) in [5.41, 5.74) is 1.03. The first-order valence-corrected chi connectivity index (χ1v) is 12.0. The summed E-state index contributed by atoms with van der Waals surface area (Å²) < 4.78 is 39.3. The fourth-order valence-electron chi connectivity index (χ4n) is 3.54. The molecule has 1 heterocycles. The summed E-state index contributed by atoms with van der Waals surface area (Å²) >= 11 is 6.05. The maximum atomic E-state index is 14.1. The zero-order chi connectivity index (χ0) is 21.7. The SMILES string of the molecule is CS(=O)(=O)N(CCCC(=O)N1CCN(c2cccc(Cl)c2)CC1)c1ccccc1F. The van der Waals surface area contributed by atoms with Crippen LogP contribution in [0.2, 0.25) is 5.02 Å². The number of rotatable bonds is 7. The Morgan fingerprint density at radius 3 is 2.43 bits per heavy atom. The molecule has 0 aliphatic carbocycles. The molecule has 0 atom stereocenters. The molecule has 1 aliphatic rings. The molecule has 1 saturated heterocycles. The lowest BCUT2D eigenvalue weighted by Crippen LogP contribution is -2.48. The number of anilines is 2. The average Bonchev–Trinajstić information content (AvgIpc) is 2.71. The molecule has 3 rings (SSSR count). The number of halogens is 2. The first-order chi connectivity index (χ1) is 14.3. The minimum atomic E-state index is -3.65. The molecule has 6 nitrogen and oxygen atoms in total. The van der Waals surface area contributed by atoms with Crippen molar-refractivity contribution in [3.63, 3.8) is 0 Å². The molecule has 0 radical (unpaired) electrons. The van der Waals surface area contributed by atoms with Gasteiger partial charge in [-0.2, -0.15) is 0 Å². The van der Waals surface area contributed by atoms with Crippen LogP contribution in [0.4, 0.5) is 15.8 Å². The highest BCUT2D eigenvalue weighted by Crippen LogP contribution is 2.23. The second-order valence-electron chi connectivity index (χ2n) is 7.24. The summed E-state index contributed by atoms with van der Waals surface area (Å²) in [6, 6.07) is 13.4. The van der Waals surface area contributed by atoms with E-state index >= 15 is 0 Å². The van der Waals surface area contributed by atoms with Crippen molar-refractivity contribution in [2.75, 3.05) is 48.2 Å². The number of nitrogens with zero attached hydrogens (tertiary/aromatic N) is 3. The highest BCUT2D eigenvalue weighted by atomic mass is 35.5. The van der Waals surface area contributed by atoms with Crippen molar-refractivity contribution >= 4 is 38.9 Å². The monoisotopic (exact) mass is 453 g/mol. The fourth-order valence-corrected chi connectivity index (χ4v) is 4.69. The van der Waals surface area contributed by atoms with Gasteiger partial charge in [0.15, 0.2) is 0 Å². The quantitative estimate of drug-likeness (QED) is 0.644. The highest BCUT2D eigenvalue weighted by Gasteiger charge is 2.23. The van der Waals surface area contributed by atoms with Crippen LogP contribution >= 0.6 is 11.6 Å². The third-order valence-electron chi connectivity index (χ3n) is 5.08. The van der Waals surface area contributed by atoms with Crippen molar-refractivity contribution in [3.8, 4) is 0 Å². The van der Waals surface area contributed by atoms with Gasteiger partial charge in [0.2, 0.25) is 15.9 Å². The van der Waals surface area contributed by atoms with E-state index in [-0.39, 0.29) is 24.6 Å². The predicted octanol–water partition coefficient (Wildman–Crippen LogP) is 3.37. The normalized spacial score (nSPS) is 14.6. The smallest absolute Gasteiger partial charge is 0.232 e. The van der Waals surface area contributed by atoms with Gasteiger partial charge in [-0.05, 0) is 36.8 Å². The van der Waals surface area contributed by atoms with Crippen LogP contribution in [-0.2, 0) is 14.8 Å².